The van der Waals surface area contributed by atoms with Crippen LogP contribution in [0.1, 0.15) is 124 Å². The SMILES string of the molecule is CCCCCCCCCC[C@H](O[Si](C)(C)C(C)(C)C)[C@@H]1CC[C@@H]([C@H]2CC[C@H]([C@@H]3CC[C@@H]([C@H]4C=CC(=O)O4)O3)O2)O1. The molecule has 4 aliphatic rings. The molecule has 0 N–H and O–H groups in total. The first-order valence-corrected chi connectivity index (χ1v) is 19.5. The van der Waals surface area contributed by atoms with Gasteiger partial charge in [0.2, 0.25) is 0 Å². The lowest BCUT2D eigenvalue weighted by Crippen LogP contribution is -2.47. The Labute approximate surface area is 245 Å². The van der Waals surface area contributed by atoms with E-state index >= 15 is 0 Å². The Morgan fingerprint density at radius 3 is 1.90 bits per heavy atom. The van der Waals surface area contributed by atoms with E-state index < -0.39 is 8.32 Å². The van der Waals surface area contributed by atoms with Crippen molar-refractivity contribution < 1.29 is 28.2 Å². The van der Waals surface area contributed by atoms with E-state index in [1.54, 1.807) is 0 Å². The summed E-state index contributed by atoms with van der Waals surface area (Å²) < 4.78 is 32.1. The molecule has 0 radical (unpaired) electrons. The van der Waals surface area contributed by atoms with Gasteiger partial charge in [0.05, 0.1) is 42.7 Å². The lowest BCUT2D eigenvalue weighted by Gasteiger charge is -2.41. The fourth-order valence-electron chi connectivity index (χ4n) is 6.62. The van der Waals surface area contributed by atoms with Crippen LogP contribution in [0.3, 0.4) is 0 Å². The second-order valence-corrected chi connectivity index (χ2v) is 19.1. The van der Waals surface area contributed by atoms with Gasteiger partial charge in [-0.3, -0.25) is 0 Å². The summed E-state index contributed by atoms with van der Waals surface area (Å²) in [5.41, 5.74) is 0. The molecule has 0 saturated carbocycles. The van der Waals surface area contributed by atoms with E-state index in [2.05, 4.69) is 40.8 Å². The molecule has 0 amide bonds. The predicted molar refractivity (Wildman–Crippen MR) is 162 cm³/mol. The van der Waals surface area contributed by atoms with E-state index in [0.29, 0.717) is 0 Å². The summed E-state index contributed by atoms with van der Waals surface area (Å²) >= 11 is 0. The van der Waals surface area contributed by atoms with E-state index in [-0.39, 0.29) is 59.8 Å². The van der Waals surface area contributed by atoms with Crippen molar-refractivity contribution in [1.29, 1.82) is 0 Å². The molecule has 3 fully saturated rings. The second-order valence-electron chi connectivity index (χ2n) is 14.3. The minimum atomic E-state index is -1.89. The lowest BCUT2D eigenvalue weighted by molar-refractivity contribution is -0.148. The van der Waals surface area contributed by atoms with Gasteiger partial charge in [-0.1, -0.05) is 79.1 Å². The van der Waals surface area contributed by atoms with Crippen LogP contribution in [-0.4, -0.2) is 63.1 Å². The molecular weight excluding hydrogens is 520 g/mol. The highest BCUT2D eigenvalue weighted by atomic mass is 28.4. The quantitative estimate of drug-likeness (QED) is 0.111. The van der Waals surface area contributed by atoms with Crippen molar-refractivity contribution in [2.24, 2.45) is 0 Å². The highest BCUT2D eigenvalue weighted by Gasteiger charge is 2.46. The van der Waals surface area contributed by atoms with E-state index in [9.17, 15) is 4.79 Å². The Morgan fingerprint density at radius 2 is 1.32 bits per heavy atom. The molecule has 4 aliphatic heterocycles. The molecule has 4 rings (SSSR count). The first-order valence-electron chi connectivity index (χ1n) is 16.6. The molecular formula is C33H58O6Si. The normalized spacial score (nSPS) is 33.6. The molecule has 0 aromatic heterocycles. The third-order valence-corrected chi connectivity index (χ3v) is 14.6. The molecule has 3 saturated heterocycles. The summed E-state index contributed by atoms with van der Waals surface area (Å²) in [6.07, 6.45) is 21.7. The van der Waals surface area contributed by atoms with Gasteiger partial charge in [0.25, 0.3) is 0 Å². The molecule has 7 heteroatoms. The Balaban J connectivity index is 1.25. The number of carbonyl (C=O) groups is 1. The minimum Gasteiger partial charge on any atom is -0.452 e. The largest absolute Gasteiger partial charge is 0.452 e. The van der Waals surface area contributed by atoms with Crippen LogP contribution in [0.5, 0.6) is 0 Å². The van der Waals surface area contributed by atoms with Crippen LogP contribution >= 0.6 is 0 Å². The topological polar surface area (TPSA) is 63.2 Å². The van der Waals surface area contributed by atoms with Crippen LogP contribution in [0, 0.1) is 0 Å². The smallest absolute Gasteiger partial charge is 0.331 e. The van der Waals surface area contributed by atoms with Crippen molar-refractivity contribution in [1.82, 2.24) is 0 Å². The molecule has 0 spiro atoms. The number of unbranched alkanes of at least 4 members (excludes halogenated alkanes) is 7. The monoisotopic (exact) mass is 578 g/mol. The summed E-state index contributed by atoms with van der Waals surface area (Å²) in [5, 5.41) is 0.191. The van der Waals surface area contributed by atoms with Crippen LogP contribution in [0.4, 0.5) is 0 Å². The number of hydrogen-bond donors (Lipinski definition) is 0. The zero-order valence-corrected chi connectivity index (χ0v) is 27.3. The molecule has 0 aliphatic carbocycles. The maximum atomic E-state index is 11.5. The molecule has 4 heterocycles. The van der Waals surface area contributed by atoms with E-state index in [0.717, 1.165) is 44.9 Å². The predicted octanol–water partition coefficient (Wildman–Crippen LogP) is 8.03. The van der Waals surface area contributed by atoms with E-state index in [1.807, 2.05) is 6.08 Å². The zero-order valence-electron chi connectivity index (χ0n) is 26.3. The summed E-state index contributed by atoms with van der Waals surface area (Å²) in [7, 11) is -1.89. The number of cyclic esters (lactones) is 1. The number of carbonyl (C=O) groups excluding carboxylic acids is 1. The van der Waals surface area contributed by atoms with Crippen LogP contribution in [0.25, 0.3) is 0 Å². The summed E-state index contributed by atoms with van der Waals surface area (Å²) in [6.45, 7) is 14.0. The number of esters is 1. The Kier molecular flexibility index (Phi) is 11.8. The highest BCUT2D eigenvalue weighted by molar-refractivity contribution is 6.74. The summed E-state index contributed by atoms with van der Waals surface area (Å²) in [5.74, 6) is -0.264. The third-order valence-electron chi connectivity index (χ3n) is 10.1. The summed E-state index contributed by atoms with van der Waals surface area (Å²) in [6, 6.07) is 0. The molecule has 230 valence electrons. The average molecular weight is 579 g/mol. The number of ether oxygens (including phenoxy) is 4. The molecule has 0 bridgehead atoms. The summed E-state index contributed by atoms with van der Waals surface area (Å²) in [4.78, 5) is 11.5. The molecule has 0 unspecified atom stereocenters. The van der Waals surface area contributed by atoms with Gasteiger partial charge < -0.3 is 23.4 Å². The van der Waals surface area contributed by atoms with Gasteiger partial charge in [-0.25, -0.2) is 4.79 Å². The first kappa shape index (κ1) is 32.2. The van der Waals surface area contributed by atoms with Gasteiger partial charge in [-0.15, -0.1) is 0 Å². The van der Waals surface area contributed by atoms with Gasteiger partial charge in [-0.05, 0) is 69.2 Å². The van der Waals surface area contributed by atoms with Crippen LogP contribution < -0.4 is 0 Å². The Hall–Kier alpha value is -0.733. The highest BCUT2D eigenvalue weighted by Crippen LogP contribution is 2.42. The Morgan fingerprint density at radius 1 is 0.800 bits per heavy atom. The van der Waals surface area contributed by atoms with Crippen molar-refractivity contribution >= 4 is 14.3 Å². The van der Waals surface area contributed by atoms with E-state index in [1.165, 1.54) is 57.4 Å². The molecule has 0 aromatic carbocycles. The van der Waals surface area contributed by atoms with Crippen molar-refractivity contribution in [3.8, 4) is 0 Å². The maximum absolute atomic E-state index is 11.5. The van der Waals surface area contributed by atoms with Gasteiger partial charge >= 0.3 is 5.97 Å². The Bertz CT molecular complexity index is 822. The average Bonchev–Trinajstić information content (AvgIpc) is 3.70. The molecule has 0 aromatic rings. The van der Waals surface area contributed by atoms with Gasteiger partial charge in [0.1, 0.15) is 6.10 Å². The number of rotatable bonds is 15. The molecule has 40 heavy (non-hydrogen) atoms. The standard InChI is InChI=1S/C33H58O6Si/c1-7-8-9-10-11-12-13-14-15-31(39-40(5,6)33(2,3)4)30-21-20-27(37-30)26-17-16-24(35-26)25-18-19-28(36-25)29-22-23-32(34)38-29/h22-31H,7-21H2,1-6H3/t24-,25+,26-,27+,28+,29-,30+,31+/m1/s1. The van der Waals surface area contributed by atoms with Crippen molar-refractivity contribution in [3.63, 3.8) is 0 Å². The first-order chi connectivity index (χ1) is 19.1. The molecule has 6 nitrogen and oxygen atoms in total. The van der Waals surface area contributed by atoms with Gasteiger partial charge in [0, 0.05) is 6.08 Å². The third kappa shape index (κ3) is 8.65. The van der Waals surface area contributed by atoms with Crippen LogP contribution in [0.15, 0.2) is 12.2 Å². The number of hydrogen-bond acceptors (Lipinski definition) is 6. The van der Waals surface area contributed by atoms with Crippen molar-refractivity contribution in [3.05, 3.63) is 12.2 Å². The van der Waals surface area contributed by atoms with Crippen molar-refractivity contribution in [2.45, 2.75) is 191 Å². The van der Waals surface area contributed by atoms with Crippen LogP contribution in [0.2, 0.25) is 18.1 Å². The van der Waals surface area contributed by atoms with Crippen LogP contribution in [-0.2, 0) is 28.2 Å². The minimum absolute atomic E-state index is 0.0490. The zero-order chi connectivity index (χ0) is 28.8. The fourth-order valence-corrected chi connectivity index (χ4v) is 8.00. The maximum Gasteiger partial charge on any atom is 0.331 e. The van der Waals surface area contributed by atoms with Gasteiger partial charge in [-0.2, -0.15) is 0 Å². The fraction of sp³-hybridized carbons (Fsp3) is 0.909. The molecule has 8 atom stereocenters. The van der Waals surface area contributed by atoms with E-state index in [4.69, 9.17) is 23.4 Å². The van der Waals surface area contributed by atoms with Crippen molar-refractivity contribution in [2.75, 3.05) is 0 Å². The lowest BCUT2D eigenvalue weighted by atomic mass is 10.0. The van der Waals surface area contributed by atoms with Gasteiger partial charge in [0.15, 0.2) is 8.32 Å². The second kappa shape index (κ2) is 14.6.